The van der Waals surface area contributed by atoms with Crippen molar-refractivity contribution < 1.29 is 13.5 Å². The fourth-order valence-corrected chi connectivity index (χ4v) is 1.86. The molecule has 0 amide bonds. The van der Waals surface area contributed by atoms with Gasteiger partial charge in [-0.25, -0.2) is 8.78 Å². The maximum atomic E-state index is 13.4. The molecule has 0 fully saturated rings. The number of rotatable bonds is 4. The molecule has 6 heteroatoms. The van der Waals surface area contributed by atoms with Gasteiger partial charge >= 0.3 is 0 Å². The first-order chi connectivity index (χ1) is 9.47. The Hall–Kier alpha value is -1.72. The van der Waals surface area contributed by atoms with Crippen molar-refractivity contribution in [3.05, 3.63) is 64.2 Å². The van der Waals surface area contributed by atoms with E-state index in [-0.39, 0.29) is 22.2 Å². The van der Waals surface area contributed by atoms with Crippen LogP contribution in [0.3, 0.4) is 0 Å². The van der Waals surface area contributed by atoms with Gasteiger partial charge in [0.05, 0.1) is 5.02 Å². The molecule has 0 aliphatic carbocycles. The first-order valence-electron chi connectivity index (χ1n) is 5.63. The molecular weight excluding hydrogens is 304 g/mol. The predicted octanol–water partition coefficient (Wildman–Crippen LogP) is 3.83. The fraction of sp³-hybridized carbons (Fsp3) is 0.0714. The second kappa shape index (κ2) is 6.15. The minimum Gasteiger partial charge on any atom is -0.489 e. The highest BCUT2D eigenvalue weighted by atomic mass is 35.5. The van der Waals surface area contributed by atoms with E-state index in [1.54, 1.807) is 12.1 Å². The molecule has 0 aliphatic rings. The van der Waals surface area contributed by atoms with E-state index in [2.05, 4.69) is 0 Å². The van der Waals surface area contributed by atoms with Gasteiger partial charge in [-0.05, 0) is 29.8 Å². The highest BCUT2D eigenvalue weighted by Crippen LogP contribution is 2.21. The second-order valence-electron chi connectivity index (χ2n) is 4.04. The molecule has 0 saturated heterocycles. The number of ether oxygens (including phenoxy) is 1. The lowest BCUT2D eigenvalue weighted by atomic mass is 10.1. The van der Waals surface area contributed by atoms with Gasteiger partial charge in [0.25, 0.3) is 0 Å². The molecule has 0 aliphatic heterocycles. The zero-order valence-corrected chi connectivity index (χ0v) is 11.8. The molecule has 0 saturated carbocycles. The number of hydrogen-bond acceptors (Lipinski definition) is 2. The normalized spacial score (nSPS) is 10.3. The fourth-order valence-electron chi connectivity index (χ4n) is 1.58. The summed E-state index contributed by atoms with van der Waals surface area (Å²) in [7, 11) is 0. The molecular formula is C14H10ClF2NOS. The Labute approximate surface area is 125 Å². The van der Waals surface area contributed by atoms with Crippen LogP contribution in [-0.4, -0.2) is 4.99 Å². The first kappa shape index (κ1) is 14.7. The largest absolute Gasteiger partial charge is 0.489 e. The van der Waals surface area contributed by atoms with Gasteiger partial charge in [-0.1, -0.05) is 29.9 Å². The Morgan fingerprint density at radius 3 is 2.55 bits per heavy atom. The summed E-state index contributed by atoms with van der Waals surface area (Å²) >= 11 is 10.3. The number of halogens is 3. The van der Waals surface area contributed by atoms with Crippen molar-refractivity contribution in [3.8, 4) is 5.75 Å². The van der Waals surface area contributed by atoms with Crippen molar-refractivity contribution in [2.75, 3.05) is 0 Å². The van der Waals surface area contributed by atoms with Crippen LogP contribution in [0.25, 0.3) is 0 Å². The van der Waals surface area contributed by atoms with E-state index in [4.69, 9.17) is 34.3 Å². The molecule has 0 unspecified atom stereocenters. The average Bonchev–Trinajstić information content (AvgIpc) is 2.41. The summed E-state index contributed by atoms with van der Waals surface area (Å²) in [6.07, 6.45) is 0. The van der Waals surface area contributed by atoms with E-state index in [0.29, 0.717) is 11.3 Å². The minimum absolute atomic E-state index is 0.0231. The maximum Gasteiger partial charge on any atom is 0.145 e. The molecule has 2 N–H and O–H groups in total. The summed E-state index contributed by atoms with van der Waals surface area (Å²) in [4.78, 5) is -0.0260. The Morgan fingerprint density at radius 2 is 1.90 bits per heavy atom. The second-order valence-corrected chi connectivity index (χ2v) is 4.89. The van der Waals surface area contributed by atoms with Crippen LogP contribution >= 0.6 is 23.8 Å². The van der Waals surface area contributed by atoms with E-state index >= 15 is 0 Å². The van der Waals surface area contributed by atoms with Crippen LogP contribution in [0.2, 0.25) is 5.02 Å². The van der Waals surface area contributed by atoms with Crippen LogP contribution in [0.1, 0.15) is 11.1 Å². The van der Waals surface area contributed by atoms with Crippen LogP contribution in [-0.2, 0) is 6.61 Å². The molecule has 0 heterocycles. The van der Waals surface area contributed by atoms with E-state index < -0.39 is 11.6 Å². The molecule has 2 aromatic carbocycles. The van der Waals surface area contributed by atoms with Gasteiger partial charge in [0, 0.05) is 11.6 Å². The third kappa shape index (κ3) is 3.43. The van der Waals surface area contributed by atoms with Crippen LogP contribution in [0.15, 0.2) is 36.4 Å². The van der Waals surface area contributed by atoms with Gasteiger partial charge in [-0.2, -0.15) is 0 Å². The number of thiocarbonyl (C=S) groups is 1. The molecule has 2 rings (SSSR count). The lowest BCUT2D eigenvalue weighted by Crippen LogP contribution is -2.12. The molecule has 0 radical (unpaired) electrons. The monoisotopic (exact) mass is 313 g/mol. The summed E-state index contributed by atoms with van der Waals surface area (Å²) in [6.45, 7) is 0.136. The molecule has 20 heavy (non-hydrogen) atoms. The van der Waals surface area contributed by atoms with Gasteiger partial charge in [0.2, 0.25) is 0 Å². The third-order valence-corrected chi connectivity index (χ3v) is 3.12. The van der Waals surface area contributed by atoms with Crippen molar-refractivity contribution in [2.45, 2.75) is 6.61 Å². The maximum absolute atomic E-state index is 13.4. The molecule has 0 aromatic heterocycles. The Kier molecular flexibility index (Phi) is 4.52. The van der Waals surface area contributed by atoms with Crippen molar-refractivity contribution >= 4 is 28.8 Å². The summed E-state index contributed by atoms with van der Waals surface area (Å²) in [5.74, 6) is -0.723. The van der Waals surface area contributed by atoms with Crippen LogP contribution < -0.4 is 10.5 Å². The van der Waals surface area contributed by atoms with Crippen molar-refractivity contribution in [3.63, 3.8) is 0 Å². The minimum atomic E-state index is -0.563. The zero-order chi connectivity index (χ0) is 14.7. The third-order valence-electron chi connectivity index (χ3n) is 2.59. The smallest absolute Gasteiger partial charge is 0.145 e. The van der Waals surface area contributed by atoms with Crippen molar-refractivity contribution in [1.82, 2.24) is 0 Å². The van der Waals surface area contributed by atoms with E-state index in [1.165, 1.54) is 24.3 Å². The van der Waals surface area contributed by atoms with Crippen LogP contribution in [0.4, 0.5) is 8.78 Å². The Balaban J connectivity index is 2.12. The molecule has 0 bridgehead atoms. The van der Waals surface area contributed by atoms with Gasteiger partial charge in [-0.3, -0.25) is 0 Å². The summed E-state index contributed by atoms with van der Waals surface area (Å²) in [5, 5.41) is 0.0231. The predicted molar refractivity (Wildman–Crippen MR) is 78.0 cm³/mol. The van der Waals surface area contributed by atoms with E-state index in [0.717, 1.165) is 0 Å². The highest BCUT2D eigenvalue weighted by molar-refractivity contribution is 7.80. The number of benzene rings is 2. The SMILES string of the molecule is NC(=S)c1cc(COc2ccc(Cl)c(F)c2)ccc1F. The van der Waals surface area contributed by atoms with Crippen molar-refractivity contribution in [1.29, 1.82) is 0 Å². The molecule has 104 valence electrons. The topological polar surface area (TPSA) is 35.2 Å². The molecule has 2 nitrogen and oxygen atoms in total. The summed E-state index contributed by atoms with van der Waals surface area (Å²) in [5.41, 5.74) is 6.24. The average molecular weight is 314 g/mol. The molecule has 0 spiro atoms. The Morgan fingerprint density at radius 1 is 1.15 bits per heavy atom. The van der Waals surface area contributed by atoms with Crippen molar-refractivity contribution in [2.24, 2.45) is 5.73 Å². The van der Waals surface area contributed by atoms with E-state index in [9.17, 15) is 8.78 Å². The molecule has 2 aromatic rings. The summed E-state index contributed by atoms with van der Waals surface area (Å²) in [6, 6.07) is 8.43. The van der Waals surface area contributed by atoms with Gasteiger partial charge in [-0.15, -0.1) is 0 Å². The van der Waals surface area contributed by atoms with Gasteiger partial charge in [0.1, 0.15) is 29.0 Å². The first-order valence-corrected chi connectivity index (χ1v) is 6.42. The molecule has 0 atom stereocenters. The Bertz CT molecular complexity index is 664. The zero-order valence-electron chi connectivity index (χ0n) is 10.2. The summed E-state index contributed by atoms with van der Waals surface area (Å²) < 4.78 is 32.0. The number of nitrogens with two attached hydrogens (primary N) is 1. The lowest BCUT2D eigenvalue weighted by molar-refractivity contribution is 0.304. The van der Waals surface area contributed by atoms with Crippen LogP contribution in [0, 0.1) is 11.6 Å². The van der Waals surface area contributed by atoms with Gasteiger partial charge in [0.15, 0.2) is 0 Å². The van der Waals surface area contributed by atoms with E-state index in [1.807, 2.05) is 0 Å². The van der Waals surface area contributed by atoms with Crippen LogP contribution in [0.5, 0.6) is 5.75 Å². The number of hydrogen-bond donors (Lipinski definition) is 1. The highest BCUT2D eigenvalue weighted by Gasteiger charge is 2.07. The lowest BCUT2D eigenvalue weighted by Gasteiger charge is -2.08. The quantitative estimate of drug-likeness (QED) is 0.871. The standard InChI is InChI=1S/C14H10ClF2NOS/c15-11-3-2-9(6-13(11)17)19-7-8-1-4-12(16)10(5-8)14(18)20/h1-6H,7H2,(H2,18,20). The van der Waals surface area contributed by atoms with Gasteiger partial charge < -0.3 is 10.5 Å².